The zero-order chi connectivity index (χ0) is 5.98. The molecule has 0 radical (unpaired) electrons. The standard InChI is InChI=1S/C3H6O4S/c4-8(5)7-2-3-1-6-3/h3H,1-2H2,(H,4,5). The van der Waals surface area contributed by atoms with E-state index in [0.717, 1.165) is 0 Å². The Morgan fingerprint density at radius 1 is 2.00 bits per heavy atom. The molecule has 1 fully saturated rings. The fraction of sp³-hybridized carbons (Fsp3) is 1.00. The maximum atomic E-state index is 9.76. The molecule has 2 atom stereocenters. The third-order valence-electron chi connectivity index (χ3n) is 0.757. The highest BCUT2D eigenvalue weighted by molar-refractivity contribution is 7.74. The summed E-state index contributed by atoms with van der Waals surface area (Å²) < 4.78 is 26.7. The molecule has 4 nitrogen and oxygen atoms in total. The van der Waals surface area contributed by atoms with E-state index in [4.69, 9.17) is 4.55 Å². The van der Waals surface area contributed by atoms with Crippen LogP contribution in [0.25, 0.3) is 0 Å². The molecule has 0 amide bonds. The van der Waals surface area contributed by atoms with Crippen LogP contribution in [-0.4, -0.2) is 28.1 Å². The van der Waals surface area contributed by atoms with Gasteiger partial charge in [0.05, 0.1) is 13.2 Å². The largest absolute Gasteiger partial charge is 0.371 e. The highest BCUT2D eigenvalue weighted by Crippen LogP contribution is 2.08. The van der Waals surface area contributed by atoms with Crippen molar-refractivity contribution in [1.82, 2.24) is 0 Å². The molecule has 48 valence electrons. The van der Waals surface area contributed by atoms with Crippen LogP contribution in [0.2, 0.25) is 0 Å². The molecule has 1 aliphatic heterocycles. The van der Waals surface area contributed by atoms with Gasteiger partial charge in [-0.15, -0.1) is 0 Å². The third-order valence-corrected chi connectivity index (χ3v) is 1.09. The van der Waals surface area contributed by atoms with Gasteiger partial charge in [-0.2, -0.15) is 4.21 Å². The lowest BCUT2D eigenvalue weighted by Gasteiger charge is -1.89. The predicted octanol–water partition coefficient (Wildman–Crippen LogP) is -0.462. The number of hydrogen-bond donors (Lipinski definition) is 1. The van der Waals surface area contributed by atoms with Crippen molar-refractivity contribution in [2.45, 2.75) is 6.10 Å². The first-order valence-electron chi connectivity index (χ1n) is 2.15. The molecule has 0 spiro atoms. The number of hydrogen-bond acceptors (Lipinski definition) is 3. The maximum absolute atomic E-state index is 9.76. The molecule has 0 aliphatic carbocycles. The van der Waals surface area contributed by atoms with E-state index in [0.29, 0.717) is 6.61 Å². The molecular weight excluding hydrogens is 132 g/mol. The Labute approximate surface area is 49.3 Å². The van der Waals surface area contributed by atoms with Gasteiger partial charge >= 0.3 is 11.4 Å². The summed E-state index contributed by atoms with van der Waals surface area (Å²) in [7, 11) is 0. The van der Waals surface area contributed by atoms with E-state index >= 15 is 0 Å². The van der Waals surface area contributed by atoms with Crippen LogP contribution in [0.1, 0.15) is 0 Å². The van der Waals surface area contributed by atoms with Crippen LogP contribution < -0.4 is 0 Å². The van der Waals surface area contributed by atoms with Gasteiger partial charge in [-0.05, 0) is 0 Å². The SMILES string of the molecule is O=S(O)OCC1CO1. The molecule has 1 saturated heterocycles. The summed E-state index contributed by atoms with van der Waals surface area (Å²) in [5.74, 6) is 0. The Bertz CT molecular complexity index is 99.5. The van der Waals surface area contributed by atoms with Crippen molar-refractivity contribution in [3.8, 4) is 0 Å². The Hall–Kier alpha value is 0.0300. The molecule has 0 aromatic carbocycles. The lowest BCUT2D eigenvalue weighted by atomic mass is 10.5. The summed E-state index contributed by atoms with van der Waals surface area (Å²) in [6.45, 7) is 0.875. The Morgan fingerprint density at radius 3 is 3.00 bits per heavy atom. The predicted molar refractivity (Wildman–Crippen MR) is 26.5 cm³/mol. The summed E-state index contributed by atoms with van der Waals surface area (Å²) in [6.07, 6.45) is 0.0612. The monoisotopic (exact) mass is 138 g/mol. The third kappa shape index (κ3) is 2.37. The highest BCUT2D eigenvalue weighted by Gasteiger charge is 2.23. The van der Waals surface area contributed by atoms with Crippen LogP contribution in [0.15, 0.2) is 0 Å². The summed E-state index contributed by atoms with van der Waals surface area (Å²) in [5.41, 5.74) is 0. The van der Waals surface area contributed by atoms with Gasteiger partial charge in [-0.3, -0.25) is 8.74 Å². The van der Waals surface area contributed by atoms with Crippen molar-refractivity contribution in [2.75, 3.05) is 13.2 Å². The lowest BCUT2D eigenvalue weighted by Crippen LogP contribution is -2.02. The van der Waals surface area contributed by atoms with Gasteiger partial charge in [0.2, 0.25) is 0 Å². The van der Waals surface area contributed by atoms with E-state index in [-0.39, 0.29) is 12.7 Å². The fourth-order valence-corrected chi connectivity index (χ4v) is 0.567. The van der Waals surface area contributed by atoms with Crippen molar-refractivity contribution in [3.05, 3.63) is 0 Å². The van der Waals surface area contributed by atoms with Gasteiger partial charge in [0, 0.05) is 0 Å². The van der Waals surface area contributed by atoms with E-state index in [2.05, 4.69) is 8.92 Å². The number of ether oxygens (including phenoxy) is 1. The lowest BCUT2D eigenvalue weighted by molar-refractivity contribution is 0.260. The molecule has 8 heavy (non-hydrogen) atoms. The maximum Gasteiger partial charge on any atom is 0.301 e. The Balaban J connectivity index is 1.95. The van der Waals surface area contributed by atoms with Gasteiger partial charge in [0.1, 0.15) is 6.10 Å². The average molecular weight is 138 g/mol. The summed E-state index contributed by atoms with van der Waals surface area (Å²) in [5, 5.41) is 0. The van der Waals surface area contributed by atoms with E-state index in [1.165, 1.54) is 0 Å². The first kappa shape index (κ1) is 6.15. The molecule has 1 rings (SSSR count). The average Bonchev–Trinajstić information content (AvgIpc) is 2.41. The molecule has 0 aromatic rings. The van der Waals surface area contributed by atoms with E-state index in [1.807, 2.05) is 0 Å². The minimum absolute atomic E-state index is 0.0612. The number of rotatable bonds is 3. The topological polar surface area (TPSA) is 59.1 Å². The molecule has 0 bridgehead atoms. The molecule has 2 unspecified atom stereocenters. The van der Waals surface area contributed by atoms with Crippen LogP contribution in [0.5, 0.6) is 0 Å². The zero-order valence-corrected chi connectivity index (χ0v) is 4.89. The van der Waals surface area contributed by atoms with Crippen molar-refractivity contribution >= 4 is 11.4 Å². The van der Waals surface area contributed by atoms with E-state index in [1.54, 1.807) is 0 Å². The van der Waals surface area contributed by atoms with Crippen LogP contribution >= 0.6 is 0 Å². The summed E-state index contributed by atoms with van der Waals surface area (Å²) in [6, 6.07) is 0. The van der Waals surface area contributed by atoms with Crippen LogP contribution in [0.3, 0.4) is 0 Å². The van der Waals surface area contributed by atoms with Crippen LogP contribution in [-0.2, 0) is 20.3 Å². The molecule has 1 heterocycles. The molecule has 5 heteroatoms. The quantitative estimate of drug-likeness (QED) is 0.423. The Morgan fingerprint density at radius 2 is 2.62 bits per heavy atom. The van der Waals surface area contributed by atoms with Crippen molar-refractivity contribution in [2.24, 2.45) is 0 Å². The normalized spacial score (nSPS) is 29.9. The molecule has 1 aliphatic rings. The number of epoxide rings is 1. The second kappa shape index (κ2) is 2.54. The van der Waals surface area contributed by atoms with Gasteiger partial charge in [-0.25, -0.2) is 0 Å². The summed E-state index contributed by atoms with van der Waals surface area (Å²) in [4.78, 5) is 0. The molecule has 0 aromatic heterocycles. The Kier molecular flexibility index (Phi) is 1.95. The first-order valence-corrected chi connectivity index (χ1v) is 3.18. The van der Waals surface area contributed by atoms with Gasteiger partial charge in [0.25, 0.3) is 0 Å². The van der Waals surface area contributed by atoms with Crippen molar-refractivity contribution < 1.29 is 17.7 Å². The minimum atomic E-state index is -2.13. The van der Waals surface area contributed by atoms with Crippen LogP contribution in [0, 0.1) is 0 Å². The first-order chi connectivity index (χ1) is 3.79. The van der Waals surface area contributed by atoms with Gasteiger partial charge in [-0.1, -0.05) is 0 Å². The second-order valence-electron chi connectivity index (χ2n) is 1.46. The van der Waals surface area contributed by atoms with Crippen LogP contribution in [0.4, 0.5) is 0 Å². The fourth-order valence-electron chi connectivity index (χ4n) is 0.298. The van der Waals surface area contributed by atoms with Gasteiger partial charge in [0.15, 0.2) is 0 Å². The van der Waals surface area contributed by atoms with Crippen molar-refractivity contribution in [3.63, 3.8) is 0 Å². The minimum Gasteiger partial charge on any atom is -0.371 e. The summed E-state index contributed by atoms with van der Waals surface area (Å²) >= 11 is -2.13. The van der Waals surface area contributed by atoms with Gasteiger partial charge < -0.3 is 4.74 Å². The molecular formula is C3H6O4S. The van der Waals surface area contributed by atoms with E-state index in [9.17, 15) is 4.21 Å². The zero-order valence-electron chi connectivity index (χ0n) is 4.07. The molecule has 0 saturated carbocycles. The second-order valence-corrected chi connectivity index (χ2v) is 2.13. The van der Waals surface area contributed by atoms with Crippen molar-refractivity contribution in [1.29, 1.82) is 0 Å². The smallest absolute Gasteiger partial charge is 0.301 e. The van der Waals surface area contributed by atoms with E-state index < -0.39 is 11.4 Å². The highest BCUT2D eigenvalue weighted by atomic mass is 32.2. The molecule has 1 N–H and O–H groups in total.